The van der Waals surface area contributed by atoms with Crippen molar-refractivity contribution in [1.82, 2.24) is 0 Å². The summed E-state index contributed by atoms with van der Waals surface area (Å²) < 4.78 is 1.08. The third kappa shape index (κ3) is 2.21. The molecular weight excluding hydrogens is 251 g/mol. The number of hydrogen-bond donors (Lipinski definition) is 1. The second-order valence-electron chi connectivity index (χ2n) is 2.12. The minimum atomic E-state index is -0.773. The summed E-state index contributed by atoms with van der Waals surface area (Å²) in [6.45, 7) is 0. The summed E-state index contributed by atoms with van der Waals surface area (Å²) in [6.07, 6.45) is 4.28. The Kier molecular flexibility index (Phi) is 2.92. The molecule has 2 heteroatoms. The summed E-state index contributed by atoms with van der Waals surface area (Å²) >= 11 is 2.18. The van der Waals surface area contributed by atoms with Crippen molar-refractivity contribution >= 4 is 22.6 Å². The van der Waals surface area contributed by atoms with E-state index >= 15 is 0 Å². The minimum absolute atomic E-state index is 0.773. The number of rotatable bonds is 1. The number of aliphatic hydroxyl groups is 1. The molecule has 0 aromatic heterocycles. The second-order valence-corrected chi connectivity index (χ2v) is 3.37. The van der Waals surface area contributed by atoms with Crippen molar-refractivity contribution in [3.05, 3.63) is 33.4 Å². The maximum absolute atomic E-state index is 9.21. The van der Waals surface area contributed by atoms with Gasteiger partial charge in [-0.25, -0.2) is 0 Å². The molecule has 0 aliphatic carbocycles. The molecule has 11 heavy (non-hydrogen) atoms. The van der Waals surface area contributed by atoms with Gasteiger partial charge in [0.1, 0.15) is 6.10 Å². The van der Waals surface area contributed by atoms with Gasteiger partial charge in [0, 0.05) is 3.57 Å². The monoisotopic (exact) mass is 258 g/mol. The van der Waals surface area contributed by atoms with Gasteiger partial charge in [-0.2, -0.15) is 0 Å². The minimum Gasteiger partial charge on any atom is -0.376 e. The lowest BCUT2D eigenvalue weighted by Gasteiger charge is -2.02. The highest BCUT2D eigenvalue weighted by atomic mass is 127. The third-order valence-electron chi connectivity index (χ3n) is 1.32. The number of benzene rings is 1. The normalized spacial score (nSPS) is 12.1. The Morgan fingerprint density at radius 3 is 2.82 bits per heavy atom. The second kappa shape index (κ2) is 3.74. The fourth-order valence-corrected chi connectivity index (χ4v) is 1.34. The molecule has 0 aliphatic heterocycles. The van der Waals surface area contributed by atoms with Gasteiger partial charge in [-0.3, -0.25) is 0 Å². The average Bonchev–Trinajstić information content (AvgIpc) is 2.03. The first kappa shape index (κ1) is 8.57. The zero-order chi connectivity index (χ0) is 8.27. The van der Waals surface area contributed by atoms with Crippen LogP contribution in [0.4, 0.5) is 0 Å². The van der Waals surface area contributed by atoms with E-state index in [1.54, 1.807) is 0 Å². The summed E-state index contributed by atoms with van der Waals surface area (Å²) in [7, 11) is 0. The standard InChI is InChI=1S/C9H7IO/c1-2-9(11)7-4-3-5-8(10)6-7/h1,3-6,9,11H. The number of halogens is 1. The van der Waals surface area contributed by atoms with Crippen molar-refractivity contribution in [2.75, 3.05) is 0 Å². The van der Waals surface area contributed by atoms with Crippen LogP contribution in [0.15, 0.2) is 24.3 Å². The Morgan fingerprint density at radius 2 is 2.27 bits per heavy atom. The van der Waals surface area contributed by atoms with Gasteiger partial charge in [0.2, 0.25) is 0 Å². The lowest BCUT2D eigenvalue weighted by atomic mass is 10.1. The van der Waals surface area contributed by atoms with Crippen LogP contribution in [0.2, 0.25) is 0 Å². The summed E-state index contributed by atoms with van der Waals surface area (Å²) in [4.78, 5) is 0. The van der Waals surface area contributed by atoms with E-state index in [0.717, 1.165) is 9.13 Å². The van der Waals surface area contributed by atoms with Crippen molar-refractivity contribution in [3.8, 4) is 12.3 Å². The van der Waals surface area contributed by atoms with Gasteiger partial charge in [0.15, 0.2) is 0 Å². The van der Waals surface area contributed by atoms with Crippen molar-refractivity contribution in [3.63, 3.8) is 0 Å². The summed E-state index contributed by atoms with van der Waals surface area (Å²) in [5.41, 5.74) is 0.777. The zero-order valence-electron chi connectivity index (χ0n) is 5.79. The molecule has 56 valence electrons. The topological polar surface area (TPSA) is 20.2 Å². The summed E-state index contributed by atoms with van der Waals surface area (Å²) in [5, 5.41) is 9.21. The SMILES string of the molecule is C#CC(O)c1cccc(I)c1. The molecule has 0 bridgehead atoms. The quantitative estimate of drug-likeness (QED) is 0.603. The number of terminal acetylenes is 1. The first-order chi connectivity index (χ1) is 5.24. The molecule has 1 aromatic rings. The number of hydrogen-bond acceptors (Lipinski definition) is 1. The van der Waals surface area contributed by atoms with Gasteiger partial charge in [-0.05, 0) is 40.3 Å². The van der Waals surface area contributed by atoms with Crippen LogP contribution in [0, 0.1) is 15.9 Å². The molecule has 0 aliphatic rings. The molecule has 0 amide bonds. The molecule has 0 radical (unpaired) electrons. The van der Waals surface area contributed by atoms with Gasteiger partial charge in [0.25, 0.3) is 0 Å². The predicted molar refractivity (Wildman–Crippen MR) is 53.0 cm³/mol. The number of aliphatic hydroxyl groups excluding tert-OH is 1. The Hall–Kier alpha value is -0.530. The third-order valence-corrected chi connectivity index (χ3v) is 1.99. The van der Waals surface area contributed by atoms with E-state index in [-0.39, 0.29) is 0 Å². The lowest BCUT2D eigenvalue weighted by Crippen LogP contribution is -1.92. The molecular formula is C9H7IO. The molecule has 1 N–H and O–H groups in total. The van der Waals surface area contributed by atoms with Gasteiger partial charge < -0.3 is 5.11 Å². The van der Waals surface area contributed by atoms with Gasteiger partial charge in [0.05, 0.1) is 0 Å². The van der Waals surface area contributed by atoms with Crippen molar-refractivity contribution < 1.29 is 5.11 Å². The van der Waals surface area contributed by atoms with Gasteiger partial charge in [-0.1, -0.05) is 18.1 Å². The summed E-state index contributed by atoms with van der Waals surface area (Å²) in [6, 6.07) is 7.50. The highest BCUT2D eigenvalue weighted by Crippen LogP contribution is 2.14. The average molecular weight is 258 g/mol. The van der Waals surface area contributed by atoms with E-state index < -0.39 is 6.10 Å². The van der Waals surface area contributed by atoms with Crippen LogP contribution in [0.25, 0.3) is 0 Å². The maximum Gasteiger partial charge on any atom is 0.140 e. The molecule has 1 aromatic carbocycles. The highest BCUT2D eigenvalue weighted by molar-refractivity contribution is 14.1. The lowest BCUT2D eigenvalue weighted by molar-refractivity contribution is 0.238. The van der Waals surface area contributed by atoms with Crippen LogP contribution in [0.3, 0.4) is 0 Å². The Bertz CT molecular complexity index is 288. The van der Waals surface area contributed by atoms with Gasteiger partial charge in [-0.15, -0.1) is 6.42 Å². The van der Waals surface area contributed by atoms with Crippen LogP contribution < -0.4 is 0 Å². The van der Waals surface area contributed by atoms with E-state index in [2.05, 4.69) is 28.5 Å². The van der Waals surface area contributed by atoms with Crippen LogP contribution in [-0.2, 0) is 0 Å². The van der Waals surface area contributed by atoms with Gasteiger partial charge >= 0.3 is 0 Å². The fourth-order valence-electron chi connectivity index (χ4n) is 0.773. The van der Waals surface area contributed by atoms with Crippen LogP contribution in [0.1, 0.15) is 11.7 Å². The molecule has 1 nitrogen and oxygen atoms in total. The molecule has 1 rings (SSSR count). The molecule has 0 heterocycles. The Balaban J connectivity index is 2.98. The van der Waals surface area contributed by atoms with E-state index in [9.17, 15) is 5.11 Å². The first-order valence-electron chi connectivity index (χ1n) is 3.13. The molecule has 1 unspecified atom stereocenters. The van der Waals surface area contributed by atoms with Crippen LogP contribution in [-0.4, -0.2) is 5.11 Å². The fraction of sp³-hybridized carbons (Fsp3) is 0.111. The zero-order valence-corrected chi connectivity index (χ0v) is 7.95. The first-order valence-corrected chi connectivity index (χ1v) is 4.21. The smallest absolute Gasteiger partial charge is 0.140 e. The van der Waals surface area contributed by atoms with E-state index in [1.807, 2.05) is 24.3 Å². The molecule has 0 fully saturated rings. The maximum atomic E-state index is 9.21. The molecule has 0 spiro atoms. The highest BCUT2D eigenvalue weighted by Gasteiger charge is 2.01. The largest absolute Gasteiger partial charge is 0.376 e. The molecule has 1 atom stereocenters. The molecule has 0 saturated carbocycles. The van der Waals surface area contributed by atoms with Crippen LogP contribution in [0.5, 0.6) is 0 Å². The van der Waals surface area contributed by atoms with Crippen molar-refractivity contribution in [2.24, 2.45) is 0 Å². The predicted octanol–water partition coefficient (Wildman–Crippen LogP) is 1.96. The Labute approximate surface area is 79.6 Å². The van der Waals surface area contributed by atoms with E-state index in [1.165, 1.54) is 0 Å². The Morgan fingerprint density at radius 1 is 1.55 bits per heavy atom. The van der Waals surface area contributed by atoms with Crippen LogP contribution >= 0.6 is 22.6 Å². The molecule has 0 saturated heterocycles. The summed E-state index contributed by atoms with van der Waals surface area (Å²) in [5.74, 6) is 2.26. The van der Waals surface area contributed by atoms with Crippen molar-refractivity contribution in [1.29, 1.82) is 0 Å². The van der Waals surface area contributed by atoms with Crippen molar-refractivity contribution in [2.45, 2.75) is 6.10 Å². The van der Waals surface area contributed by atoms with E-state index in [4.69, 9.17) is 6.42 Å². The van der Waals surface area contributed by atoms with E-state index in [0.29, 0.717) is 0 Å².